The maximum Gasteiger partial charge on any atom is 0.191 e. The fraction of sp³-hybridized carbons (Fsp3) is 0.357. The molecule has 1 rings (SSSR count). The monoisotopic (exact) mass is 295 g/mol. The zero-order valence-electron chi connectivity index (χ0n) is 11.9. The SMILES string of the molecule is C=CCNC(=NC)NCCc1ccc(S(C)(=O)=O)cc1. The highest BCUT2D eigenvalue weighted by Gasteiger charge is 2.05. The van der Waals surface area contributed by atoms with Crippen molar-refractivity contribution in [1.29, 1.82) is 0 Å². The average molecular weight is 295 g/mol. The Balaban J connectivity index is 2.48. The van der Waals surface area contributed by atoms with Crippen LogP contribution < -0.4 is 10.6 Å². The molecule has 0 fully saturated rings. The predicted molar refractivity (Wildman–Crippen MR) is 82.8 cm³/mol. The maximum absolute atomic E-state index is 11.3. The van der Waals surface area contributed by atoms with Gasteiger partial charge in [-0.15, -0.1) is 6.58 Å². The summed E-state index contributed by atoms with van der Waals surface area (Å²) < 4.78 is 22.7. The van der Waals surface area contributed by atoms with Crippen molar-refractivity contribution in [3.05, 3.63) is 42.5 Å². The minimum absolute atomic E-state index is 0.345. The molecule has 0 spiro atoms. The van der Waals surface area contributed by atoms with Gasteiger partial charge in [0.15, 0.2) is 15.8 Å². The first-order chi connectivity index (χ1) is 9.47. The molecule has 0 aliphatic heterocycles. The highest BCUT2D eigenvalue weighted by Crippen LogP contribution is 2.10. The van der Waals surface area contributed by atoms with Gasteiger partial charge in [0.1, 0.15) is 0 Å². The second-order valence-electron chi connectivity index (χ2n) is 4.33. The number of aliphatic imine (C=N–C) groups is 1. The summed E-state index contributed by atoms with van der Waals surface area (Å²) in [7, 11) is -1.41. The van der Waals surface area contributed by atoms with Crippen LogP contribution in [0.15, 0.2) is 46.8 Å². The van der Waals surface area contributed by atoms with Gasteiger partial charge in [0, 0.05) is 26.4 Å². The number of benzene rings is 1. The molecule has 0 heterocycles. The molecule has 20 heavy (non-hydrogen) atoms. The van der Waals surface area contributed by atoms with Crippen molar-refractivity contribution in [3.63, 3.8) is 0 Å². The third-order valence-electron chi connectivity index (χ3n) is 2.70. The third-order valence-corrected chi connectivity index (χ3v) is 3.82. The van der Waals surface area contributed by atoms with E-state index in [1.54, 1.807) is 25.3 Å². The van der Waals surface area contributed by atoms with Gasteiger partial charge in [-0.05, 0) is 24.1 Å². The number of guanidine groups is 1. The normalized spacial score (nSPS) is 12.0. The quantitative estimate of drug-likeness (QED) is 0.466. The van der Waals surface area contributed by atoms with E-state index in [1.807, 2.05) is 12.1 Å². The largest absolute Gasteiger partial charge is 0.356 e. The van der Waals surface area contributed by atoms with Crippen molar-refractivity contribution in [2.75, 3.05) is 26.4 Å². The van der Waals surface area contributed by atoms with Crippen molar-refractivity contribution in [2.45, 2.75) is 11.3 Å². The summed E-state index contributed by atoms with van der Waals surface area (Å²) in [6.07, 6.45) is 3.76. The number of hydrogen-bond acceptors (Lipinski definition) is 3. The number of nitrogens with zero attached hydrogens (tertiary/aromatic N) is 1. The van der Waals surface area contributed by atoms with Crippen molar-refractivity contribution < 1.29 is 8.42 Å². The lowest BCUT2D eigenvalue weighted by molar-refractivity contribution is 0.602. The summed E-state index contributed by atoms with van der Waals surface area (Å²) in [5, 5.41) is 6.25. The number of nitrogens with one attached hydrogen (secondary N) is 2. The number of sulfone groups is 1. The molecule has 1 aromatic rings. The number of rotatable bonds is 6. The van der Waals surface area contributed by atoms with Crippen molar-refractivity contribution in [3.8, 4) is 0 Å². The van der Waals surface area contributed by atoms with Crippen LogP contribution in [0.3, 0.4) is 0 Å². The molecular formula is C14H21N3O2S. The Morgan fingerprint density at radius 3 is 2.45 bits per heavy atom. The predicted octanol–water partition coefficient (Wildman–Crippen LogP) is 0.984. The fourth-order valence-corrected chi connectivity index (χ4v) is 2.25. The van der Waals surface area contributed by atoms with Gasteiger partial charge in [0.2, 0.25) is 0 Å². The van der Waals surface area contributed by atoms with Crippen LogP contribution in [0.25, 0.3) is 0 Å². The van der Waals surface area contributed by atoms with Gasteiger partial charge in [0.05, 0.1) is 4.90 Å². The molecule has 6 heteroatoms. The Hall–Kier alpha value is -1.82. The molecule has 0 atom stereocenters. The minimum Gasteiger partial charge on any atom is -0.356 e. The summed E-state index contributed by atoms with van der Waals surface area (Å²) in [4.78, 5) is 4.42. The van der Waals surface area contributed by atoms with Gasteiger partial charge in [0.25, 0.3) is 0 Å². The van der Waals surface area contributed by atoms with Crippen LogP contribution in [0.5, 0.6) is 0 Å². The molecule has 0 radical (unpaired) electrons. The Kier molecular flexibility index (Phi) is 6.24. The Bertz CT molecular complexity index is 563. The second kappa shape index (κ2) is 7.69. The van der Waals surface area contributed by atoms with Crippen molar-refractivity contribution >= 4 is 15.8 Å². The third kappa shape index (κ3) is 5.44. The second-order valence-corrected chi connectivity index (χ2v) is 6.35. The lowest BCUT2D eigenvalue weighted by Gasteiger charge is -2.10. The molecule has 110 valence electrons. The fourth-order valence-electron chi connectivity index (χ4n) is 1.62. The first-order valence-electron chi connectivity index (χ1n) is 6.32. The van der Waals surface area contributed by atoms with E-state index in [0.29, 0.717) is 11.4 Å². The molecule has 0 unspecified atom stereocenters. The van der Waals surface area contributed by atoms with Crippen LogP contribution in [0, 0.1) is 0 Å². The summed E-state index contributed by atoms with van der Waals surface area (Å²) in [5.41, 5.74) is 1.07. The molecule has 0 saturated heterocycles. The Labute approximate surface area is 120 Å². The molecule has 0 saturated carbocycles. The summed E-state index contributed by atoms with van der Waals surface area (Å²) in [6, 6.07) is 6.93. The molecule has 0 bridgehead atoms. The molecule has 1 aromatic carbocycles. The highest BCUT2D eigenvalue weighted by molar-refractivity contribution is 7.90. The minimum atomic E-state index is -3.12. The van der Waals surface area contributed by atoms with Crippen LogP contribution >= 0.6 is 0 Å². The van der Waals surface area contributed by atoms with Gasteiger partial charge in [-0.3, -0.25) is 4.99 Å². The van der Waals surface area contributed by atoms with Crippen LogP contribution in [-0.4, -0.2) is 40.8 Å². The first-order valence-corrected chi connectivity index (χ1v) is 8.21. The van der Waals surface area contributed by atoms with Crippen molar-refractivity contribution in [2.24, 2.45) is 4.99 Å². The molecule has 0 aliphatic carbocycles. The van der Waals surface area contributed by atoms with Gasteiger partial charge in [-0.2, -0.15) is 0 Å². The van der Waals surface area contributed by atoms with Gasteiger partial charge < -0.3 is 10.6 Å². The van der Waals surface area contributed by atoms with E-state index in [4.69, 9.17) is 0 Å². The lowest BCUT2D eigenvalue weighted by Crippen LogP contribution is -2.38. The average Bonchev–Trinajstić information content (AvgIpc) is 2.42. The zero-order valence-corrected chi connectivity index (χ0v) is 12.7. The summed E-state index contributed by atoms with van der Waals surface area (Å²) in [5.74, 6) is 0.720. The van der Waals surface area contributed by atoms with Gasteiger partial charge >= 0.3 is 0 Å². The van der Waals surface area contributed by atoms with E-state index >= 15 is 0 Å². The molecule has 2 N–H and O–H groups in total. The smallest absolute Gasteiger partial charge is 0.191 e. The van der Waals surface area contributed by atoms with E-state index in [1.165, 1.54) is 6.26 Å². The Morgan fingerprint density at radius 1 is 1.30 bits per heavy atom. The van der Waals surface area contributed by atoms with E-state index in [-0.39, 0.29) is 0 Å². The van der Waals surface area contributed by atoms with E-state index in [2.05, 4.69) is 22.2 Å². The van der Waals surface area contributed by atoms with Gasteiger partial charge in [-0.25, -0.2) is 8.42 Å². The lowest BCUT2D eigenvalue weighted by atomic mass is 10.1. The maximum atomic E-state index is 11.3. The zero-order chi connectivity index (χ0) is 15.0. The van der Waals surface area contributed by atoms with E-state index in [9.17, 15) is 8.42 Å². The molecule has 5 nitrogen and oxygen atoms in total. The van der Waals surface area contributed by atoms with Crippen LogP contribution in [0.4, 0.5) is 0 Å². The topological polar surface area (TPSA) is 70.6 Å². The van der Waals surface area contributed by atoms with Gasteiger partial charge in [-0.1, -0.05) is 18.2 Å². The first kappa shape index (κ1) is 16.2. The van der Waals surface area contributed by atoms with Crippen LogP contribution in [0.1, 0.15) is 5.56 Å². The highest BCUT2D eigenvalue weighted by atomic mass is 32.2. The summed E-state index contributed by atoms with van der Waals surface area (Å²) in [6.45, 7) is 5.00. The van der Waals surface area contributed by atoms with Crippen molar-refractivity contribution in [1.82, 2.24) is 10.6 Å². The van der Waals surface area contributed by atoms with Crippen LogP contribution in [-0.2, 0) is 16.3 Å². The Morgan fingerprint density at radius 2 is 1.95 bits per heavy atom. The molecular weight excluding hydrogens is 274 g/mol. The van der Waals surface area contributed by atoms with E-state index in [0.717, 1.165) is 24.5 Å². The molecule has 0 amide bonds. The number of hydrogen-bond donors (Lipinski definition) is 2. The molecule has 0 aromatic heterocycles. The molecule has 0 aliphatic rings. The summed E-state index contributed by atoms with van der Waals surface area (Å²) >= 11 is 0. The van der Waals surface area contributed by atoms with Crippen LogP contribution in [0.2, 0.25) is 0 Å². The van der Waals surface area contributed by atoms with E-state index < -0.39 is 9.84 Å². The standard InChI is InChI=1S/C14H21N3O2S/c1-4-10-16-14(15-2)17-11-9-12-5-7-13(8-6-12)20(3,18)19/h4-8H,1,9-11H2,2-3H3,(H2,15,16,17).